The van der Waals surface area contributed by atoms with E-state index in [0.717, 1.165) is 52.8 Å². The van der Waals surface area contributed by atoms with Crippen LogP contribution in [-0.2, 0) is 17.8 Å². The largest absolute Gasteiger partial charge is 0.440 e. The van der Waals surface area contributed by atoms with E-state index in [4.69, 9.17) is 4.42 Å². The second-order valence-corrected chi connectivity index (χ2v) is 10.0. The standard InChI is InChI=1S/C19H20BrN3O2S2/c1-13-15(21-19(25-13)16-3-2-10-26-16)11-18(24)23-8-6-22(7-9-23)12-14-4-5-17(20)27-14/h2-5,10H,6-9,11-12H2,1H3. The zero-order valence-corrected chi connectivity index (χ0v) is 18.2. The van der Waals surface area contributed by atoms with Crippen LogP contribution in [0, 0.1) is 6.92 Å². The summed E-state index contributed by atoms with van der Waals surface area (Å²) in [6.07, 6.45) is 0.304. The fourth-order valence-corrected chi connectivity index (χ4v) is 5.34. The average molecular weight is 466 g/mol. The molecule has 1 fully saturated rings. The molecule has 1 aliphatic rings. The van der Waals surface area contributed by atoms with E-state index in [1.54, 1.807) is 22.7 Å². The number of thiophene rings is 2. The van der Waals surface area contributed by atoms with Crippen LogP contribution in [0.5, 0.6) is 0 Å². The highest BCUT2D eigenvalue weighted by atomic mass is 79.9. The highest BCUT2D eigenvalue weighted by Gasteiger charge is 2.23. The molecule has 3 aromatic heterocycles. The van der Waals surface area contributed by atoms with Crippen molar-refractivity contribution >= 4 is 44.5 Å². The number of rotatable bonds is 5. The summed E-state index contributed by atoms with van der Waals surface area (Å²) in [4.78, 5) is 23.9. The molecule has 0 N–H and O–H groups in total. The van der Waals surface area contributed by atoms with Crippen LogP contribution in [0.4, 0.5) is 0 Å². The second-order valence-electron chi connectivity index (χ2n) is 6.54. The van der Waals surface area contributed by atoms with E-state index < -0.39 is 0 Å². The normalized spacial score (nSPS) is 15.4. The molecule has 1 saturated heterocycles. The minimum absolute atomic E-state index is 0.127. The molecule has 0 atom stereocenters. The first-order chi connectivity index (χ1) is 13.1. The van der Waals surface area contributed by atoms with Crippen molar-refractivity contribution in [1.29, 1.82) is 0 Å². The van der Waals surface area contributed by atoms with E-state index in [2.05, 4.69) is 37.9 Å². The van der Waals surface area contributed by atoms with Crippen molar-refractivity contribution in [1.82, 2.24) is 14.8 Å². The lowest BCUT2D eigenvalue weighted by Gasteiger charge is -2.34. The zero-order valence-electron chi connectivity index (χ0n) is 15.0. The van der Waals surface area contributed by atoms with Gasteiger partial charge in [-0.25, -0.2) is 4.98 Å². The summed E-state index contributed by atoms with van der Waals surface area (Å²) in [5.74, 6) is 1.47. The SMILES string of the molecule is Cc1oc(-c2cccs2)nc1CC(=O)N1CCN(Cc2ccc(Br)s2)CC1. The van der Waals surface area contributed by atoms with Crippen LogP contribution in [0.2, 0.25) is 0 Å². The molecule has 27 heavy (non-hydrogen) atoms. The number of hydrogen-bond acceptors (Lipinski definition) is 6. The number of carbonyl (C=O) groups is 1. The Balaban J connectivity index is 1.32. The van der Waals surface area contributed by atoms with E-state index in [1.165, 1.54) is 4.88 Å². The lowest BCUT2D eigenvalue weighted by atomic mass is 10.2. The van der Waals surface area contributed by atoms with Gasteiger partial charge >= 0.3 is 0 Å². The van der Waals surface area contributed by atoms with Crippen LogP contribution in [0.15, 0.2) is 37.8 Å². The average Bonchev–Trinajstić information content (AvgIpc) is 3.38. The van der Waals surface area contributed by atoms with Gasteiger partial charge in [0.25, 0.3) is 0 Å². The Morgan fingerprint density at radius 2 is 2.07 bits per heavy atom. The van der Waals surface area contributed by atoms with Gasteiger partial charge in [-0.2, -0.15) is 0 Å². The first-order valence-electron chi connectivity index (χ1n) is 8.83. The summed E-state index contributed by atoms with van der Waals surface area (Å²) in [5.41, 5.74) is 0.745. The maximum absolute atomic E-state index is 12.7. The molecule has 0 spiro atoms. The topological polar surface area (TPSA) is 49.6 Å². The molecule has 4 heterocycles. The van der Waals surface area contributed by atoms with E-state index in [1.807, 2.05) is 29.3 Å². The first-order valence-corrected chi connectivity index (χ1v) is 11.3. The van der Waals surface area contributed by atoms with Crippen molar-refractivity contribution in [2.75, 3.05) is 26.2 Å². The summed E-state index contributed by atoms with van der Waals surface area (Å²) in [5, 5.41) is 1.99. The molecular weight excluding hydrogens is 446 g/mol. The number of aryl methyl sites for hydroxylation is 1. The van der Waals surface area contributed by atoms with Gasteiger partial charge in [-0.15, -0.1) is 22.7 Å². The molecule has 8 heteroatoms. The minimum Gasteiger partial charge on any atom is -0.440 e. The van der Waals surface area contributed by atoms with Crippen molar-refractivity contribution in [2.24, 2.45) is 0 Å². The van der Waals surface area contributed by atoms with E-state index >= 15 is 0 Å². The molecule has 1 aliphatic heterocycles. The third-order valence-corrected chi connectivity index (χ3v) is 7.14. The Labute approximate surface area is 174 Å². The molecule has 0 aliphatic carbocycles. The van der Waals surface area contributed by atoms with Crippen molar-refractivity contribution in [3.8, 4) is 10.8 Å². The predicted octanol–water partition coefficient (Wildman–Crippen LogP) is 4.42. The minimum atomic E-state index is 0.127. The van der Waals surface area contributed by atoms with Crippen LogP contribution in [0.3, 0.4) is 0 Å². The molecular formula is C19H20BrN3O2S2. The van der Waals surface area contributed by atoms with Gasteiger partial charge in [0.05, 0.1) is 20.8 Å². The molecule has 0 aromatic carbocycles. The maximum Gasteiger partial charge on any atom is 0.236 e. The van der Waals surface area contributed by atoms with Crippen molar-refractivity contribution in [2.45, 2.75) is 19.9 Å². The van der Waals surface area contributed by atoms with Gasteiger partial charge in [-0.1, -0.05) is 6.07 Å². The number of carbonyl (C=O) groups excluding carboxylic acids is 1. The Kier molecular flexibility index (Phi) is 5.77. The number of hydrogen-bond donors (Lipinski definition) is 0. The molecule has 1 amide bonds. The maximum atomic E-state index is 12.7. The Hall–Kier alpha value is -1.48. The molecule has 0 saturated carbocycles. The number of oxazole rings is 1. The second kappa shape index (κ2) is 8.26. The number of halogens is 1. The highest BCUT2D eigenvalue weighted by molar-refractivity contribution is 9.11. The van der Waals surface area contributed by atoms with E-state index in [9.17, 15) is 4.79 Å². The summed E-state index contributed by atoms with van der Waals surface area (Å²) < 4.78 is 6.91. The fraction of sp³-hybridized carbons (Fsp3) is 0.368. The number of piperazine rings is 1. The van der Waals surface area contributed by atoms with Crippen LogP contribution in [0.1, 0.15) is 16.3 Å². The number of aromatic nitrogens is 1. The lowest BCUT2D eigenvalue weighted by Crippen LogP contribution is -2.48. The van der Waals surface area contributed by atoms with E-state index in [-0.39, 0.29) is 5.91 Å². The zero-order chi connectivity index (χ0) is 18.8. The summed E-state index contributed by atoms with van der Waals surface area (Å²) in [6.45, 7) is 6.16. The van der Waals surface area contributed by atoms with Crippen molar-refractivity contribution < 1.29 is 9.21 Å². The lowest BCUT2D eigenvalue weighted by molar-refractivity contribution is -0.132. The number of amides is 1. The van der Waals surface area contributed by atoms with Crippen LogP contribution in [-0.4, -0.2) is 46.9 Å². The summed E-state index contributed by atoms with van der Waals surface area (Å²) in [6, 6.07) is 8.20. The van der Waals surface area contributed by atoms with E-state index in [0.29, 0.717) is 12.3 Å². The number of nitrogens with zero attached hydrogens (tertiary/aromatic N) is 3. The predicted molar refractivity (Wildman–Crippen MR) is 112 cm³/mol. The highest BCUT2D eigenvalue weighted by Crippen LogP contribution is 2.26. The van der Waals surface area contributed by atoms with Crippen LogP contribution in [0.25, 0.3) is 10.8 Å². The van der Waals surface area contributed by atoms with Gasteiger partial charge in [0.1, 0.15) is 5.76 Å². The summed E-state index contributed by atoms with van der Waals surface area (Å²) in [7, 11) is 0. The molecule has 0 unspecified atom stereocenters. The Morgan fingerprint density at radius 1 is 1.26 bits per heavy atom. The Bertz CT molecular complexity index is 911. The third kappa shape index (κ3) is 4.51. The smallest absolute Gasteiger partial charge is 0.236 e. The molecule has 0 bridgehead atoms. The first kappa shape index (κ1) is 18.9. The van der Waals surface area contributed by atoms with Gasteiger partial charge in [0.15, 0.2) is 0 Å². The fourth-order valence-electron chi connectivity index (χ4n) is 3.17. The molecule has 142 valence electrons. The van der Waals surface area contributed by atoms with Gasteiger partial charge in [-0.05, 0) is 46.4 Å². The molecule has 3 aromatic rings. The van der Waals surface area contributed by atoms with Crippen molar-refractivity contribution in [3.63, 3.8) is 0 Å². The Morgan fingerprint density at radius 3 is 2.74 bits per heavy atom. The van der Waals surface area contributed by atoms with Gasteiger partial charge in [0, 0.05) is 37.6 Å². The summed E-state index contributed by atoms with van der Waals surface area (Å²) >= 11 is 6.87. The van der Waals surface area contributed by atoms with Gasteiger partial charge in [-0.3, -0.25) is 9.69 Å². The molecule has 0 radical (unpaired) electrons. The van der Waals surface area contributed by atoms with Crippen LogP contribution < -0.4 is 0 Å². The van der Waals surface area contributed by atoms with Crippen LogP contribution >= 0.6 is 38.6 Å². The van der Waals surface area contributed by atoms with Crippen molar-refractivity contribution in [3.05, 3.63) is 49.8 Å². The molecule has 4 rings (SSSR count). The quantitative estimate of drug-likeness (QED) is 0.559. The van der Waals surface area contributed by atoms with Gasteiger partial charge in [0.2, 0.25) is 11.8 Å². The molecule has 5 nitrogen and oxygen atoms in total. The van der Waals surface area contributed by atoms with Gasteiger partial charge < -0.3 is 9.32 Å². The third-order valence-electron chi connectivity index (χ3n) is 4.68. The monoisotopic (exact) mass is 465 g/mol.